The predicted octanol–water partition coefficient (Wildman–Crippen LogP) is 4.47. The van der Waals surface area contributed by atoms with Crippen LogP contribution in [-0.2, 0) is 11.2 Å². The molecule has 0 amide bonds. The number of carboxylic acids is 1. The molecule has 0 unspecified atom stereocenters. The van der Waals surface area contributed by atoms with Gasteiger partial charge in [0, 0.05) is 25.3 Å². The van der Waals surface area contributed by atoms with E-state index in [1.54, 1.807) is 0 Å². The summed E-state index contributed by atoms with van der Waals surface area (Å²) >= 11 is 0. The summed E-state index contributed by atoms with van der Waals surface area (Å²) in [4.78, 5) is 34.6. The first-order chi connectivity index (χ1) is 12.5. The molecule has 1 heterocycles. The summed E-state index contributed by atoms with van der Waals surface area (Å²) in [6, 6.07) is 1.33. The van der Waals surface area contributed by atoms with Gasteiger partial charge in [-0.2, -0.15) is 0 Å². The molecule has 1 aromatic rings. The molecule has 0 radical (unpaired) electrons. The van der Waals surface area contributed by atoms with Gasteiger partial charge in [-0.1, -0.05) is 45.4 Å². The molecule has 6 heteroatoms. The Balaban J connectivity index is 2.48. The molecule has 0 saturated heterocycles. The van der Waals surface area contributed by atoms with Gasteiger partial charge in [0.05, 0.1) is 0 Å². The number of carboxylic acid groups (broad SMARTS) is 1. The monoisotopic (exact) mass is 366 g/mol. The molecular weight excluding hydrogens is 336 g/mol. The van der Waals surface area contributed by atoms with Gasteiger partial charge in [0.2, 0.25) is 0 Å². The second-order valence-corrected chi connectivity index (χ2v) is 6.66. The van der Waals surface area contributed by atoms with Crippen LogP contribution in [0.3, 0.4) is 0 Å². The number of carbonyl (C=O) groups is 2. The summed E-state index contributed by atoms with van der Waals surface area (Å²) in [5.74, 6) is -1.21. The van der Waals surface area contributed by atoms with E-state index in [-0.39, 0.29) is 29.9 Å². The molecule has 0 spiro atoms. The van der Waals surface area contributed by atoms with Gasteiger partial charge >= 0.3 is 11.6 Å². The summed E-state index contributed by atoms with van der Waals surface area (Å²) in [7, 11) is 0. The molecule has 0 bridgehead atoms. The van der Waals surface area contributed by atoms with E-state index in [1.165, 1.54) is 18.9 Å². The number of Topliss-reactive ketones (excluding diaryl/α,β-unsaturated/α-hetero) is 1. The van der Waals surface area contributed by atoms with Crippen LogP contribution in [0.5, 0.6) is 5.75 Å². The first-order valence-corrected chi connectivity index (χ1v) is 9.56. The van der Waals surface area contributed by atoms with Crippen LogP contribution in [0.15, 0.2) is 15.3 Å². The van der Waals surface area contributed by atoms with Gasteiger partial charge in [-0.3, -0.25) is 9.59 Å². The number of aromatic hydroxyl groups is 1. The van der Waals surface area contributed by atoms with Crippen molar-refractivity contribution in [2.45, 2.75) is 84.0 Å². The highest BCUT2D eigenvalue weighted by Gasteiger charge is 2.18. The molecule has 0 fully saturated rings. The molecule has 0 atom stereocenters. The van der Waals surface area contributed by atoms with Crippen LogP contribution < -0.4 is 5.63 Å². The van der Waals surface area contributed by atoms with E-state index in [0.717, 1.165) is 19.3 Å². The molecule has 0 aromatic carbocycles. The largest absolute Gasteiger partial charge is 0.507 e. The van der Waals surface area contributed by atoms with E-state index in [9.17, 15) is 19.5 Å². The van der Waals surface area contributed by atoms with E-state index < -0.39 is 11.6 Å². The fourth-order valence-electron chi connectivity index (χ4n) is 2.85. The molecular formula is C20H30O6. The third-order valence-electron chi connectivity index (χ3n) is 4.33. The third kappa shape index (κ3) is 8.32. The van der Waals surface area contributed by atoms with Crippen molar-refractivity contribution in [1.29, 1.82) is 0 Å². The Morgan fingerprint density at radius 3 is 2.23 bits per heavy atom. The zero-order valence-electron chi connectivity index (χ0n) is 15.6. The van der Waals surface area contributed by atoms with Crippen LogP contribution >= 0.6 is 0 Å². The zero-order chi connectivity index (χ0) is 19.4. The Labute approximate surface area is 154 Å². The van der Waals surface area contributed by atoms with Crippen LogP contribution in [-0.4, -0.2) is 22.0 Å². The number of carbonyl (C=O) groups excluding carboxylic acids is 1. The third-order valence-corrected chi connectivity index (χ3v) is 4.33. The minimum Gasteiger partial charge on any atom is -0.507 e. The standard InChI is InChI=1S/C20H30O6/c1-2-3-4-5-6-9-12-16(21)19-17(22)14-15(26-20(19)25)11-8-7-10-13-18(23)24/h14,22H,2-13H2,1H3,(H,23,24). The zero-order valence-corrected chi connectivity index (χ0v) is 15.6. The lowest BCUT2D eigenvalue weighted by Gasteiger charge is -2.06. The summed E-state index contributed by atoms with van der Waals surface area (Å²) in [6.07, 6.45) is 8.89. The molecule has 0 aliphatic rings. The Hall–Kier alpha value is -2.11. The highest BCUT2D eigenvalue weighted by Crippen LogP contribution is 2.19. The molecule has 2 N–H and O–H groups in total. The average Bonchev–Trinajstić information content (AvgIpc) is 2.56. The molecule has 26 heavy (non-hydrogen) atoms. The van der Waals surface area contributed by atoms with Crippen LogP contribution in [0, 0.1) is 0 Å². The van der Waals surface area contributed by atoms with Crippen molar-refractivity contribution >= 4 is 11.8 Å². The van der Waals surface area contributed by atoms with Crippen molar-refractivity contribution < 1.29 is 24.2 Å². The topological polar surface area (TPSA) is 105 Å². The first-order valence-electron chi connectivity index (χ1n) is 9.56. The van der Waals surface area contributed by atoms with Crippen molar-refractivity contribution in [3.05, 3.63) is 27.8 Å². The molecule has 0 saturated carbocycles. The molecule has 1 rings (SSSR count). The van der Waals surface area contributed by atoms with Crippen LogP contribution in [0.2, 0.25) is 0 Å². The first kappa shape index (κ1) is 21.9. The fourth-order valence-corrected chi connectivity index (χ4v) is 2.85. The number of unbranched alkanes of at least 4 members (excludes halogenated alkanes) is 7. The van der Waals surface area contributed by atoms with Crippen molar-refractivity contribution in [2.24, 2.45) is 0 Å². The van der Waals surface area contributed by atoms with E-state index >= 15 is 0 Å². The lowest BCUT2D eigenvalue weighted by Crippen LogP contribution is -2.15. The Morgan fingerprint density at radius 2 is 1.58 bits per heavy atom. The van der Waals surface area contributed by atoms with E-state index in [1.807, 2.05) is 0 Å². The number of hydrogen-bond acceptors (Lipinski definition) is 5. The Kier molecular flexibility index (Phi) is 10.4. The predicted molar refractivity (Wildman–Crippen MR) is 98.8 cm³/mol. The van der Waals surface area contributed by atoms with E-state index in [2.05, 4.69) is 6.92 Å². The molecule has 0 aliphatic heterocycles. The smallest absolute Gasteiger partial charge is 0.350 e. The van der Waals surface area contributed by atoms with Gasteiger partial charge in [0.25, 0.3) is 0 Å². The highest BCUT2D eigenvalue weighted by atomic mass is 16.4. The quantitative estimate of drug-likeness (QED) is 0.372. The van der Waals surface area contributed by atoms with Gasteiger partial charge < -0.3 is 14.6 Å². The second kappa shape index (κ2) is 12.3. The minimum absolute atomic E-state index is 0.112. The van der Waals surface area contributed by atoms with Crippen LogP contribution in [0.1, 0.15) is 93.7 Å². The summed E-state index contributed by atoms with van der Waals surface area (Å²) in [5.41, 5.74) is -1.05. The number of aliphatic carboxylic acids is 1. The van der Waals surface area contributed by atoms with Crippen molar-refractivity contribution in [3.8, 4) is 5.75 Å². The Bertz CT molecular complexity index is 632. The number of aryl methyl sites for hydroxylation is 1. The maximum absolute atomic E-state index is 12.2. The average molecular weight is 366 g/mol. The maximum atomic E-state index is 12.2. The normalized spacial score (nSPS) is 10.8. The summed E-state index contributed by atoms with van der Waals surface area (Å²) in [5, 5.41) is 18.6. The minimum atomic E-state index is -0.831. The maximum Gasteiger partial charge on any atom is 0.350 e. The number of hydrogen-bond donors (Lipinski definition) is 2. The molecule has 1 aromatic heterocycles. The molecule has 146 valence electrons. The van der Waals surface area contributed by atoms with E-state index in [0.29, 0.717) is 37.9 Å². The van der Waals surface area contributed by atoms with Gasteiger partial charge in [0.15, 0.2) is 5.78 Å². The van der Waals surface area contributed by atoms with Crippen molar-refractivity contribution in [1.82, 2.24) is 0 Å². The molecule has 6 nitrogen and oxygen atoms in total. The Morgan fingerprint density at radius 1 is 0.962 bits per heavy atom. The van der Waals surface area contributed by atoms with E-state index in [4.69, 9.17) is 9.52 Å². The lowest BCUT2D eigenvalue weighted by molar-refractivity contribution is -0.137. The van der Waals surface area contributed by atoms with Gasteiger partial charge in [0.1, 0.15) is 17.1 Å². The van der Waals surface area contributed by atoms with Gasteiger partial charge in [-0.05, 0) is 19.3 Å². The van der Waals surface area contributed by atoms with Crippen molar-refractivity contribution in [2.75, 3.05) is 0 Å². The lowest BCUT2D eigenvalue weighted by atomic mass is 10.0. The van der Waals surface area contributed by atoms with Crippen LogP contribution in [0.4, 0.5) is 0 Å². The summed E-state index contributed by atoms with van der Waals surface area (Å²) < 4.78 is 5.14. The SMILES string of the molecule is CCCCCCCCC(=O)c1c(O)cc(CCCCCC(=O)O)oc1=O. The summed E-state index contributed by atoms with van der Waals surface area (Å²) in [6.45, 7) is 2.14. The second-order valence-electron chi connectivity index (χ2n) is 6.66. The number of ketones is 1. The highest BCUT2D eigenvalue weighted by molar-refractivity contribution is 5.97. The van der Waals surface area contributed by atoms with Crippen LogP contribution in [0.25, 0.3) is 0 Å². The molecule has 0 aliphatic carbocycles. The van der Waals surface area contributed by atoms with Gasteiger partial charge in [-0.15, -0.1) is 0 Å². The fraction of sp³-hybridized carbons (Fsp3) is 0.650. The van der Waals surface area contributed by atoms with Gasteiger partial charge in [-0.25, -0.2) is 4.79 Å². The van der Waals surface area contributed by atoms with Crippen molar-refractivity contribution in [3.63, 3.8) is 0 Å². The number of rotatable bonds is 14.